The summed E-state index contributed by atoms with van der Waals surface area (Å²) in [6.07, 6.45) is 0. The van der Waals surface area contributed by atoms with E-state index in [0.29, 0.717) is 23.9 Å². The van der Waals surface area contributed by atoms with Crippen LogP contribution in [0.3, 0.4) is 0 Å². The van der Waals surface area contributed by atoms with E-state index in [4.69, 9.17) is 9.47 Å². The van der Waals surface area contributed by atoms with Crippen LogP contribution >= 0.6 is 0 Å². The number of tetrazole rings is 1. The normalized spacial score (nSPS) is 10.3. The van der Waals surface area contributed by atoms with Crippen LogP contribution in [0.25, 0.3) is 11.4 Å². The highest BCUT2D eigenvalue weighted by Crippen LogP contribution is 2.31. The van der Waals surface area contributed by atoms with Gasteiger partial charge in [0.2, 0.25) is 5.82 Å². The van der Waals surface area contributed by atoms with Crippen molar-refractivity contribution in [2.45, 2.75) is 6.92 Å². The highest BCUT2D eigenvalue weighted by atomic mass is 16.5. The van der Waals surface area contributed by atoms with Gasteiger partial charge in [0.1, 0.15) is 0 Å². The molecule has 0 aliphatic rings. The lowest BCUT2D eigenvalue weighted by Crippen LogP contribution is -1.96. The Balaban J connectivity index is 2.39. The monoisotopic (exact) mass is 234 g/mol. The molecule has 0 fully saturated rings. The van der Waals surface area contributed by atoms with Crippen LogP contribution in [0.1, 0.15) is 6.92 Å². The molecule has 1 aromatic heterocycles. The largest absolute Gasteiger partial charge is 0.493 e. The molecule has 0 aliphatic carbocycles. The van der Waals surface area contributed by atoms with E-state index in [0.717, 1.165) is 5.56 Å². The lowest BCUT2D eigenvalue weighted by molar-refractivity contribution is 0.311. The van der Waals surface area contributed by atoms with Crippen LogP contribution in [-0.4, -0.2) is 33.9 Å². The quantitative estimate of drug-likeness (QED) is 0.797. The number of hydrogen-bond acceptors (Lipinski definition) is 5. The van der Waals surface area contributed by atoms with Crippen LogP contribution in [0.5, 0.6) is 11.5 Å². The van der Waals surface area contributed by atoms with E-state index in [1.165, 1.54) is 4.80 Å². The van der Waals surface area contributed by atoms with E-state index >= 15 is 0 Å². The number of aryl methyl sites for hydroxylation is 1. The molecule has 0 amide bonds. The molecule has 1 aromatic carbocycles. The zero-order valence-electron chi connectivity index (χ0n) is 10.0. The molecule has 17 heavy (non-hydrogen) atoms. The Morgan fingerprint density at radius 3 is 2.71 bits per heavy atom. The van der Waals surface area contributed by atoms with Crippen molar-refractivity contribution in [3.8, 4) is 22.9 Å². The molecule has 0 N–H and O–H groups in total. The topological polar surface area (TPSA) is 62.1 Å². The summed E-state index contributed by atoms with van der Waals surface area (Å²) < 4.78 is 10.7. The molecule has 0 atom stereocenters. The predicted octanol–water partition coefficient (Wildman–Crippen LogP) is 1.28. The summed E-state index contributed by atoms with van der Waals surface area (Å²) in [6.45, 7) is 2.50. The first-order chi connectivity index (χ1) is 8.24. The van der Waals surface area contributed by atoms with Gasteiger partial charge in [-0.3, -0.25) is 0 Å². The summed E-state index contributed by atoms with van der Waals surface area (Å²) >= 11 is 0. The fourth-order valence-electron chi connectivity index (χ4n) is 1.48. The van der Waals surface area contributed by atoms with Crippen molar-refractivity contribution < 1.29 is 9.47 Å². The smallest absolute Gasteiger partial charge is 0.205 e. The Labute approximate surface area is 99.2 Å². The second-order valence-corrected chi connectivity index (χ2v) is 3.40. The third kappa shape index (κ3) is 2.35. The predicted molar refractivity (Wildman–Crippen MR) is 62.0 cm³/mol. The van der Waals surface area contributed by atoms with E-state index < -0.39 is 0 Å². The first-order valence-corrected chi connectivity index (χ1v) is 5.29. The van der Waals surface area contributed by atoms with Crippen LogP contribution in [0, 0.1) is 0 Å². The third-order valence-electron chi connectivity index (χ3n) is 2.23. The lowest BCUT2D eigenvalue weighted by Gasteiger charge is -2.09. The summed E-state index contributed by atoms with van der Waals surface area (Å²) in [5.74, 6) is 1.94. The van der Waals surface area contributed by atoms with Gasteiger partial charge in [0.15, 0.2) is 11.5 Å². The van der Waals surface area contributed by atoms with Gasteiger partial charge in [-0.2, -0.15) is 4.80 Å². The van der Waals surface area contributed by atoms with Crippen molar-refractivity contribution in [2.24, 2.45) is 7.05 Å². The highest BCUT2D eigenvalue weighted by Gasteiger charge is 2.09. The molecule has 0 bridgehead atoms. The molecular weight excluding hydrogens is 220 g/mol. The molecule has 0 aliphatic heterocycles. The second-order valence-electron chi connectivity index (χ2n) is 3.40. The van der Waals surface area contributed by atoms with Crippen LogP contribution in [0.4, 0.5) is 0 Å². The number of benzene rings is 1. The maximum Gasteiger partial charge on any atom is 0.205 e. The molecular formula is C11H14N4O2. The fraction of sp³-hybridized carbons (Fsp3) is 0.364. The van der Waals surface area contributed by atoms with Crippen molar-refractivity contribution in [3.05, 3.63) is 18.2 Å². The Kier molecular flexibility index (Phi) is 3.22. The molecule has 1 heterocycles. The minimum absolute atomic E-state index is 0.566. The van der Waals surface area contributed by atoms with Crippen LogP contribution in [-0.2, 0) is 7.05 Å². The lowest BCUT2D eigenvalue weighted by atomic mass is 10.2. The van der Waals surface area contributed by atoms with E-state index in [2.05, 4.69) is 15.4 Å². The Bertz CT molecular complexity index is 510. The van der Waals surface area contributed by atoms with E-state index in [1.807, 2.05) is 25.1 Å². The molecule has 90 valence electrons. The molecule has 0 saturated carbocycles. The van der Waals surface area contributed by atoms with Gasteiger partial charge in [-0.1, -0.05) is 0 Å². The van der Waals surface area contributed by atoms with Crippen molar-refractivity contribution in [3.63, 3.8) is 0 Å². The van der Waals surface area contributed by atoms with Gasteiger partial charge in [-0.15, -0.1) is 10.2 Å². The van der Waals surface area contributed by atoms with Crippen LogP contribution < -0.4 is 9.47 Å². The maximum atomic E-state index is 5.49. The molecule has 0 saturated heterocycles. The zero-order chi connectivity index (χ0) is 12.3. The van der Waals surface area contributed by atoms with Gasteiger partial charge in [-0.25, -0.2) is 0 Å². The van der Waals surface area contributed by atoms with Crippen molar-refractivity contribution in [2.75, 3.05) is 13.7 Å². The van der Waals surface area contributed by atoms with Crippen LogP contribution in [0.2, 0.25) is 0 Å². The summed E-state index contributed by atoms with van der Waals surface area (Å²) in [5.41, 5.74) is 0.849. The summed E-state index contributed by atoms with van der Waals surface area (Å²) in [4.78, 5) is 1.42. The van der Waals surface area contributed by atoms with Gasteiger partial charge in [0.05, 0.1) is 20.8 Å². The van der Waals surface area contributed by atoms with Gasteiger partial charge in [-0.05, 0) is 30.3 Å². The average Bonchev–Trinajstić information content (AvgIpc) is 2.76. The number of aromatic nitrogens is 4. The Hall–Kier alpha value is -2.11. The second kappa shape index (κ2) is 4.82. The third-order valence-corrected chi connectivity index (χ3v) is 2.23. The number of nitrogens with zero attached hydrogens (tertiary/aromatic N) is 4. The first kappa shape index (κ1) is 11.4. The van der Waals surface area contributed by atoms with Gasteiger partial charge < -0.3 is 9.47 Å². The molecule has 6 heteroatoms. The molecule has 0 radical (unpaired) electrons. The van der Waals surface area contributed by atoms with Gasteiger partial charge >= 0.3 is 0 Å². The van der Waals surface area contributed by atoms with E-state index in [1.54, 1.807) is 14.2 Å². The molecule has 0 spiro atoms. The van der Waals surface area contributed by atoms with Gasteiger partial charge in [0, 0.05) is 5.56 Å². The minimum Gasteiger partial charge on any atom is -0.493 e. The summed E-state index contributed by atoms with van der Waals surface area (Å²) in [7, 11) is 3.33. The standard InChI is InChI=1S/C11H14N4O2/c1-4-17-10-7-8(5-6-9(10)16-3)11-12-14-15(2)13-11/h5-7H,4H2,1-3H3. The van der Waals surface area contributed by atoms with Gasteiger partial charge in [0.25, 0.3) is 0 Å². The molecule has 2 aromatic rings. The first-order valence-electron chi connectivity index (χ1n) is 5.29. The number of hydrogen-bond donors (Lipinski definition) is 0. The van der Waals surface area contributed by atoms with Crippen molar-refractivity contribution in [1.29, 1.82) is 0 Å². The fourth-order valence-corrected chi connectivity index (χ4v) is 1.48. The highest BCUT2D eigenvalue weighted by molar-refractivity contribution is 5.60. The minimum atomic E-state index is 0.566. The number of rotatable bonds is 4. The SMILES string of the molecule is CCOc1cc(-c2nnn(C)n2)ccc1OC. The summed E-state index contributed by atoms with van der Waals surface area (Å²) in [6, 6.07) is 5.55. The van der Waals surface area contributed by atoms with Crippen LogP contribution in [0.15, 0.2) is 18.2 Å². The number of methoxy groups -OCH3 is 1. The maximum absolute atomic E-state index is 5.49. The van der Waals surface area contributed by atoms with Crippen molar-refractivity contribution in [1.82, 2.24) is 20.2 Å². The molecule has 2 rings (SSSR count). The average molecular weight is 234 g/mol. The number of ether oxygens (including phenoxy) is 2. The van der Waals surface area contributed by atoms with Crippen molar-refractivity contribution >= 4 is 0 Å². The molecule has 6 nitrogen and oxygen atoms in total. The zero-order valence-corrected chi connectivity index (χ0v) is 10.0. The van der Waals surface area contributed by atoms with E-state index in [-0.39, 0.29) is 0 Å². The Morgan fingerprint density at radius 2 is 2.12 bits per heavy atom. The summed E-state index contributed by atoms with van der Waals surface area (Å²) in [5, 5.41) is 11.9. The molecule has 0 unspecified atom stereocenters. The Morgan fingerprint density at radius 1 is 1.29 bits per heavy atom. The van der Waals surface area contributed by atoms with E-state index in [9.17, 15) is 0 Å².